The summed E-state index contributed by atoms with van der Waals surface area (Å²) in [6, 6.07) is 4.00. The van der Waals surface area contributed by atoms with Gasteiger partial charge in [0.1, 0.15) is 0 Å². The van der Waals surface area contributed by atoms with Gasteiger partial charge in [-0.05, 0) is 25.0 Å². The molecular formula is C12H17N3S. The van der Waals surface area contributed by atoms with Crippen LogP contribution in [0.4, 0.5) is 0 Å². The van der Waals surface area contributed by atoms with Crippen molar-refractivity contribution in [1.82, 2.24) is 10.3 Å². The highest BCUT2D eigenvalue weighted by molar-refractivity contribution is 8.14. The van der Waals surface area contributed by atoms with Crippen LogP contribution in [-0.2, 0) is 6.54 Å². The highest BCUT2D eigenvalue weighted by atomic mass is 32.2. The van der Waals surface area contributed by atoms with E-state index in [2.05, 4.69) is 35.2 Å². The van der Waals surface area contributed by atoms with Gasteiger partial charge in [0.05, 0.1) is 6.54 Å². The second-order valence-corrected chi connectivity index (χ2v) is 5.27. The quantitative estimate of drug-likeness (QED) is 0.874. The minimum Gasteiger partial charge on any atom is -0.359 e. The number of aromatic nitrogens is 1. The first-order valence-electron chi connectivity index (χ1n) is 5.56. The number of hydrogen-bond donors (Lipinski definition) is 1. The fourth-order valence-corrected chi connectivity index (χ4v) is 2.69. The number of pyridine rings is 1. The molecular weight excluding hydrogens is 218 g/mol. The maximum Gasteiger partial charge on any atom is 0.157 e. The number of nitrogens with one attached hydrogen (secondary N) is 1. The van der Waals surface area contributed by atoms with Gasteiger partial charge in [0.2, 0.25) is 0 Å². The number of aliphatic imine (C=N–C) groups is 1. The van der Waals surface area contributed by atoms with Crippen molar-refractivity contribution in [3.05, 3.63) is 30.1 Å². The fourth-order valence-electron chi connectivity index (χ4n) is 1.49. The van der Waals surface area contributed by atoms with Crippen molar-refractivity contribution in [3.63, 3.8) is 0 Å². The summed E-state index contributed by atoms with van der Waals surface area (Å²) < 4.78 is 0. The molecule has 1 aromatic rings. The minimum absolute atomic E-state index is 0.221. The lowest BCUT2D eigenvalue weighted by molar-refractivity contribution is 0.466. The lowest BCUT2D eigenvalue weighted by Crippen LogP contribution is -2.39. The molecule has 1 N–H and O–H groups in total. The summed E-state index contributed by atoms with van der Waals surface area (Å²) in [5.74, 6) is 1.11. The predicted octanol–water partition coefficient (Wildman–Crippen LogP) is 2.44. The van der Waals surface area contributed by atoms with Crippen LogP contribution in [0, 0.1) is 0 Å². The van der Waals surface area contributed by atoms with Crippen molar-refractivity contribution < 1.29 is 0 Å². The highest BCUT2D eigenvalue weighted by Gasteiger charge is 2.30. The van der Waals surface area contributed by atoms with Crippen LogP contribution in [0.5, 0.6) is 0 Å². The van der Waals surface area contributed by atoms with Crippen LogP contribution in [-0.4, -0.2) is 21.4 Å². The van der Waals surface area contributed by atoms with Crippen LogP contribution in [0.25, 0.3) is 0 Å². The van der Waals surface area contributed by atoms with E-state index in [9.17, 15) is 0 Å². The fraction of sp³-hybridized carbons (Fsp3) is 0.500. The molecule has 2 rings (SSSR count). The summed E-state index contributed by atoms with van der Waals surface area (Å²) in [6.45, 7) is 5.16. The van der Waals surface area contributed by atoms with E-state index in [4.69, 9.17) is 0 Å². The van der Waals surface area contributed by atoms with E-state index < -0.39 is 0 Å². The Labute approximate surface area is 101 Å². The molecule has 1 atom stereocenters. The Morgan fingerprint density at radius 2 is 2.50 bits per heavy atom. The molecule has 1 fully saturated rings. The molecule has 1 aliphatic rings. The molecule has 0 saturated carbocycles. The van der Waals surface area contributed by atoms with E-state index in [-0.39, 0.29) is 5.54 Å². The van der Waals surface area contributed by atoms with Gasteiger partial charge in [-0.2, -0.15) is 0 Å². The first-order valence-corrected chi connectivity index (χ1v) is 6.55. The van der Waals surface area contributed by atoms with E-state index in [0.717, 1.165) is 22.9 Å². The molecule has 16 heavy (non-hydrogen) atoms. The Balaban J connectivity index is 1.95. The Hall–Kier alpha value is -1.03. The van der Waals surface area contributed by atoms with Gasteiger partial charge in [0.15, 0.2) is 5.17 Å². The summed E-state index contributed by atoms with van der Waals surface area (Å²) in [7, 11) is 0. The van der Waals surface area contributed by atoms with E-state index in [1.165, 1.54) is 0 Å². The Morgan fingerprint density at radius 1 is 1.62 bits per heavy atom. The lowest BCUT2D eigenvalue weighted by Gasteiger charge is -2.20. The third kappa shape index (κ3) is 2.76. The zero-order chi connectivity index (χ0) is 11.4. The Bertz CT molecular complexity index is 377. The first-order chi connectivity index (χ1) is 7.72. The van der Waals surface area contributed by atoms with Gasteiger partial charge in [-0.1, -0.05) is 24.8 Å². The molecule has 1 aliphatic heterocycles. The zero-order valence-corrected chi connectivity index (χ0v) is 10.5. The van der Waals surface area contributed by atoms with Crippen molar-refractivity contribution in [2.45, 2.75) is 32.4 Å². The molecule has 86 valence electrons. The predicted molar refractivity (Wildman–Crippen MR) is 69.7 cm³/mol. The maximum absolute atomic E-state index is 4.57. The number of hydrogen-bond acceptors (Lipinski definition) is 3. The number of amidine groups is 1. The van der Waals surface area contributed by atoms with Gasteiger partial charge in [-0.15, -0.1) is 0 Å². The van der Waals surface area contributed by atoms with E-state index in [0.29, 0.717) is 6.54 Å². The van der Waals surface area contributed by atoms with E-state index in [1.54, 1.807) is 6.20 Å². The van der Waals surface area contributed by atoms with E-state index in [1.807, 2.05) is 24.0 Å². The molecule has 0 radical (unpaired) electrons. The van der Waals surface area contributed by atoms with E-state index >= 15 is 0 Å². The number of rotatable bonds is 3. The number of thioether (sulfide) groups is 1. The SMILES string of the molecule is CCC1(C)CSC(=NCc2cccnc2)N1. The molecule has 2 heterocycles. The molecule has 1 unspecified atom stereocenters. The lowest BCUT2D eigenvalue weighted by atomic mass is 10.0. The number of nitrogens with zero attached hydrogens (tertiary/aromatic N) is 2. The third-order valence-electron chi connectivity index (χ3n) is 2.84. The van der Waals surface area contributed by atoms with Crippen molar-refractivity contribution in [2.24, 2.45) is 4.99 Å². The molecule has 0 spiro atoms. The third-order valence-corrected chi connectivity index (χ3v) is 4.13. The monoisotopic (exact) mass is 235 g/mol. The summed E-state index contributed by atoms with van der Waals surface area (Å²) in [5.41, 5.74) is 1.38. The molecule has 0 amide bonds. The molecule has 4 heteroatoms. The van der Waals surface area contributed by atoms with Crippen LogP contribution in [0.15, 0.2) is 29.5 Å². The minimum atomic E-state index is 0.221. The van der Waals surface area contributed by atoms with Crippen LogP contribution < -0.4 is 5.32 Å². The summed E-state index contributed by atoms with van der Waals surface area (Å²) in [4.78, 5) is 8.64. The maximum atomic E-state index is 4.57. The van der Waals surface area contributed by atoms with Gasteiger partial charge >= 0.3 is 0 Å². The molecule has 0 bridgehead atoms. The van der Waals surface area contributed by atoms with Gasteiger partial charge in [0.25, 0.3) is 0 Å². The van der Waals surface area contributed by atoms with Crippen molar-refractivity contribution in [1.29, 1.82) is 0 Å². The largest absolute Gasteiger partial charge is 0.359 e. The average molecular weight is 235 g/mol. The Morgan fingerprint density at radius 3 is 3.12 bits per heavy atom. The molecule has 0 aromatic carbocycles. The zero-order valence-electron chi connectivity index (χ0n) is 9.73. The average Bonchev–Trinajstić information content (AvgIpc) is 2.71. The van der Waals surface area contributed by atoms with Crippen molar-refractivity contribution >= 4 is 16.9 Å². The summed E-state index contributed by atoms with van der Waals surface area (Å²) >= 11 is 1.81. The van der Waals surface area contributed by atoms with Gasteiger partial charge in [-0.3, -0.25) is 9.98 Å². The summed E-state index contributed by atoms with van der Waals surface area (Å²) in [6.07, 6.45) is 4.78. The topological polar surface area (TPSA) is 37.3 Å². The van der Waals surface area contributed by atoms with Gasteiger partial charge in [-0.25, -0.2) is 0 Å². The summed E-state index contributed by atoms with van der Waals surface area (Å²) in [5, 5.41) is 4.54. The second-order valence-electron chi connectivity index (χ2n) is 4.31. The standard InChI is InChI=1S/C12H17N3S/c1-3-12(2)9-16-11(15-12)14-8-10-5-4-6-13-7-10/h4-7H,3,8-9H2,1-2H3,(H,14,15). The van der Waals surface area contributed by atoms with Crippen LogP contribution in [0.3, 0.4) is 0 Å². The smallest absolute Gasteiger partial charge is 0.157 e. The van der Waals surface area contributed by atoms with Crippen molar-refractivity contribution in [3.8, 4) is 0 Å². The Kier molecular flexibility index (Phi) is 3.49. The van der Waals surface area contributed by atoms with Crippen LogP contribution in [0.1, 0.15) is 25.8 Å². The molecule has 1 saturated heterocycles. The molecule has 0 aliphatic carbocycles. The van der Waals surface area contributed by atoms with Crippen LogP contribution in [0.2, 0.25) is 0 Å². The second kappa shape index (κ2) is 4.87. The first kappa shape index (κ1) is 11.5. The normalized spacial score (nSPS) is 27.0. The molecule has 3 nitrogen and oxygen atoms in total. The van der Waals surface area contributed by atoms with Crippen molar-refractivity contribution in [2.75, 3.05) is 5.75 Å². The van der Waals surface area contributed by atoms with Gasteiger partial charge in [0, 0.05) is 23.7 Å². The van der Waals surface area contributed by atoms with Crippen LogP contribution >= 0.6 is 11.8 Å². The van der Waals surface area contributed by atoms with Gasteiger partial charge < -0.3 is 5.32 Å². The highest BCUT2D eigenvalue weighted by Crippen LogP contribution is 2.25. The molecule has 1 aromatic heterocycles.